The fraction of sp³-hybridized carbons (Fsp3) is 0.250. The second kappa shape index (κ2) is 7.88. The largest absolute Gasteiger partial charge is 0.497 e. The van der Waals surface area contributed by atoms with Crippen LogP contribution in [0, 0.1) is 10.1 Å². The van der Waals surface area contributed by atoms with Gasteiger partial charge >= 0.3 is 0 Å². The molecule has 0 spiro atoms. The first-order chi connectivity index (χ1) is 14.4. The zero-order valence-electron chi connectivity index (χ0n) is 16.2. The van der Waals surface area contributed by atoms with Crippen LogP contribution < -0.4 is 4.74 Å². The normalized spacial score (nSPS) is 17.2. The van der Waals surface area contributed by atoms with Gasteiger partial charge in [-0.25, -0.2) is 13.4 Å². The number of hydrogen-bond acceptors (Lipinski definition) is 6. The van der Waals surface area contributed by atoms with Gasteiger partial charge in [0, 0.05) is 24.2 Å². The molecule has 10 heteroatoms. The summed E-state index contributed by atoms with van der Waals surface area (Å²) in [6.45, 7) is 0.360. The number of aromatic amines is 1. The lowest BCUT2D eigenvalue weighted by molar-refractivity contribution is -0.384. The van der Waals surface area contributed by atoms with Crippen LogP contribution in [0.3, 0.4) is 0 Å². The molecule has 1 N–H and O–H groups in total. The highest BCUT2D eigenvalue weighted by molar-refractivity contribution is 7.89. The third-order valence-electron chi connectivity index (χ3n) is 5.15. The number of methoxy groups -OCH3 is 1. The first-order valence-corrected chi connectivity index (χ1v) is 10.8. The minimum absolute atomic E-state index is 0.0274. The van der Waals surface area contributed by atoms with E-state index in [2.05, 4.69) is 9.97 Å². The maximum atomic E-state index is 13.2. The summed E-state index contributed by atoms with van der Waals surface area (Å²) < 4.78 is 33.0. The van der Waals surface area contributed by atoms with Gasteiger partial charge in [0.25, 0.3) is 5.69 Å². The van der Waals surface area contributed by atoms with Gasteiger partial charge in [-0.1, -0.05) is 12.1 Å². The molecule has 2 aromatic carbocycles. The molecular formula is C20H20N4O5S. The molecule has 1 aliphatic rings. The van der Waals surface area contributed by atoms with Crippen LogP contribution >= 0.6 is 0 Å². The molecule has 0 aliphatic carbocycles. The Morgan fingerprint density at radius 2 is 2.00 bits per heavy atom. The molecule has 1 aliphatic heterocycles. The van der Waals surface area contributed by atoms with Gasteiger partial charge in [0.1, 0.15) is 11.6 Å². The van der Waals surface area contributed by atoms with Crippen LogP contribution in [0.4, 0.5) is 5.69 Å². The van der Waals surface area contributed by atoms with Gasteiger partial charge in [-0.05, 0) is 37.1 Å². The summed E-state index contributed by atoms with van der Waals surface area (Å²) in [7, 11) is -2.22. The lowest BCUT2D eigenvalue weighted by Crippen LogP contribution is -2.31. The first kappa shape index (κ1) is 20.0. The quantitative estimate of drug-likeness (QED) is 0.474. The number of H-pyrrole nitrogens is 1. The van der Waals surface area contributed by atoms with Crippen LogP contribution in [0.1, 0.15) is 24.7 Å². The number of nitro groups is 1. The molecule has 1 unspecified atom stereocenters. The maximum absolute atomic E-state index is 13.2. The van der Waals surface area contributed by atoms with E-state index in [4.69, 9.17) is 4.74 Å². The average molecular weight is 428 g/mol. The fourth-order valence-electron chi connectivity index (χ4n) is 3.62. The zero-order valence-corrected chi connectivity index (χ0v) is 17.0. The molecule has 0 bridgehead atoms. The smallest absolute Gasteiger partial charge is 0.269 e. The van der Waals surface area contributed by atoms with E-state index < -0.39 is 21.0 Å². The van der Waals surface area contributed by atoms with Crippen molar-refractivity contribution in [2.24, 2.45) is 0 Å². The second-order valence-electron chi connectivity index (χ2n) is 6.94. The highest BCUT2D eigenvalue weighted by Gasteiger charge is 2.38. The van der Waals surface area contributed by atoms with Crippen molar-refractivity contribution >= 4 is 15.7 Å². The van der Waals surface area contributed by atoms with E-state index in [1.54, 1.807) is 13.3 Å². The van der Waals surface area contributed by atoms with Gasteiger partial charge in [0.05, 0.1) is 34.9 Å². The molecule has 9 nitrogen and oxygen atoms in total. The van der Waals surface area contributed by atoms with Gasteiger partial charge in [0.2, 0.25) is 10.0 Å². The Balaban J connectivity index is 1.62. The Labute approximate surface area is 173 Å². The number of nitro benzene ring substituents is 1. The van der Waals surface area contributed by atoms with Crippen molar-refractivity contribution in [1.82, 2.24) is 14.3 Å². The Morgan fingerprint density at radius 3 is 2.70 bits per heavy atom. The van der Waals surface area contributed by atoms with Crippen molar-refractivity contribution < 1.29 is 18.1 Å². The standard InChI is InChI=1S/C20H20N4O5S/c1-29-16-5-2-4-14(12-16)18-13-21-20(22-18)19-6-3-11-23(19)30(27,28)17-9-7-15(8-10-17)24(25)26/h2,4-5,7-10,12-13,19H,3,6,11H2,1H3,(H,21,22). The third kappa shape index (κ3) is 3.66. The van der Waals surface area contributed by atoms with Gasteiger partial charge in [-0.2, -0.15) is 4.31 Å². The molecule has 0 radical (unpaired) electrons. The van der Waals surface area contributed by atoms with E-state index in [1.807, 2.05) is 24.3 Å². The summed E-state index contributed by atoms with van der Waals surface area (Å²) >= 11 is 0. The maximum Gasteiger partial charge on any atom is 0.269 e. The highest BCUT2D eigenvalue weighted by Crippen LogP contribution is 2.36. The molecule has 0 amide bonds. The minimum Gasteiger partial charge on any atom is -0.497 e. The van der Waals surface area contributed by atoms with Crippen LogP contribution in [-0.4, -0.2) is 41.3 Å². The van der Waals surface area contributed by atoms with Crippen LogP contribution in [0.5, 0.6) is 5.75 Å². The van der Waals surface area contributed by atoms with Crippen LogP contribution in [0.15, 0.2) is 59.6 Å². The molecule has 2 heterocycles. The number of hydrogen-bond donors (Lipinski definition) is 1. The molecule has 4 rings (SSSR count). The van der Waals surface area contributed by atoms with E-state index in [-0.39, 0.29) is 10.6 Å². The van der Waals surface area contributed by atoms with Crippen molar-refractivity contribution in [3.63, 3.8) is 0 Å². The number of nitrogens with zero attached hydrogens (tertiary/aromatic N) is 3. The lowest BCUT2D eigenvalue weighted by atomic mass is 10.1. The summed E-state index contributed by atoms with van der Waals surface area (Å²) in [5, 5.41) is 10.8. The van der Waals surface area contributed by atoms with Crippen molar-refractivity contribution in [2.45, 2.75) is 23.8 Å². The van der Waals surface area contributed by atoms with E-state index in [0.29, 0.717) is 31.0 Å². The summed E-state index contributed by atoms with van der Waals surface area (Å²) in [5.41, 5.74) is 1.50. The Morgan fingerprint density at radius 1 is 1.23 bits per heavy atom. The number of sulfonamides is 1. The molecule has 156 valence electrons. The van der Waals surface area contributed by atoms with Gasteiger partial charge in [-0.3, -0.25) is 10.1 Å². The second-order valence-corrected chi connectivity index (χ2v) is 8.83. The van der Waals surface area contributed by atoms with E-state index in [0.717, 1.165) is 11.3 Å². The minimum atomic E-state index is -3.81. The summed E-state index contributed by atoms with van der Waals surface area (Å²) in [4.78, 5) is 18.0. The number of benzene rings is 2. The number of non-ortho nitro benzene ring substituents is 1. The third-order valence-corrected chi connectivity index (χ3v) is 7.07. The monoisotopic (exact) mass is 428 g/mol. The van der Waals surface area contributed by atoms with Gasteiger partial charge in [0.15, 0.2) is 0 Å². The molecular weight excluding hydrogens is 408 g/mol. The predicted molar refractivity (Wildman–Crippen MR) is 110 cm³/mol. The number of aromatic nitrogens is 2. The van der Waals surface area contributed by atoms with Crippen LogP contribution in [0.2, 0.25) is 0 Å². The Hall–Kier alpha value is -3.24. The molecule has 1 fully saturated rings. The fourth-order valence-corrected chi connectivity index (χ4v) is 5.28. The lowest BCUT2D eigenvalue weighted by Gasteiger charge is -2.22. The number of rotatable bonds is 6. The van der Waals surface area contributed by atoms with Crippen LogP contribution in [0.25, 0.3) is 11.3 Å². The zero-order chi connectivity index (χ0) is 21.3. The highest BCUT2D eigenvalue weighted by atomic mass is 32.2. The van der Waals surface area contributed by atoms with Crippen molar-refractivity contribution in [3.05, 3.63) is 70.7 Å². The Bertz CT molecular complexity index is 1170. The van der Waals surface area contributed by atoms with E-state index >= 15 is 0 Å². The molecule has 3 aromatic rings. The van der Waals surface area contributed by atoms with Crippen molar-refractivity contribution in [3.8, 4) is 17.0 Å². The predicted octanol–water partition coefficient (Wildman–Crippen LogP) is 3.52. The van der Waals surface area contributed by atoms with Gasteiger partial charge in [-0.15, -0.1) is 0 Å². The van der Waals surface area contributed by atoms with E-state index in [9.17, 15) is 18.5 Å². The summed E-state index contributed by atoms with van der Waals surface area (Å²) in [6, 6.07) is 12.0. The van der Waals surface area contributed by atoms with Crippen molar-refractivity contribution in [1.29, 1.82) is 0 Å². The molecule has 1 saturated heterocycles. The molecule has 30 heavy (non-hydrogen) atoms. The average Bonchev–Trinajstić information content (AvgIpc) is 3.43. The number of ether oxygens (including phenoxy) is 1. The summed E-state index contributed by atoms with van der Waals surface area (Å²) in [6.07, 6.45) is 3.02. The van der Waals surface area contributed by atoms with Gasteiger partial charge < -0.3 is 9.72 Å². The molecule has 1 atom stereocenters. The van der Waals surface area contributed by atoms with Crippen molar-refractivity contribution in [2.75, 3.05) is 13.7 Å². The topological polar surface area (TPSA) is 118 Å². The Kier molecular flexibility index (Phi) is 5.27. The SMILES string of the molecule is COc1cccc(-c2cnc(C3CCCN3S(=O)(=O)c3ccc([N+](=O)[O-])cc3)[nH]2)c1. The first-order valence-electron chi connectivity index (χ1n) is 9.36. The van der Waals surface area contributed by atoms with Crippen LogP contribution in [-0.2, 0) is 10.0 Å². The molecule has 0 saturated carbocycles. The molecule has 1 aromatic heterocycles. The summed E-state index contributed by atoms with van der Waals surface area (Å²) in [5.74, 6) is 1.28. The number of imidazole rings is 1. The van der Waals surface area contributed by atoms with E-state index in [1.165, 1.54) is 28.6 Å². The number of nitrogens with one attached hydrogen (secondary N) is 1.